The summed E-state index contributed by atoms with van der Waals surface area (Å²) in [6.45, 7) is 1.87. The van der Waals surface area contributed by atoms with Crippen molar-refractivity contribution < 1.29 is 0 Å². The van der Waals surface area contributed by atoms with E-state index in [4.69, 9.17) is 81.2 Å². The maximum Gasteiger partial charge on any atom is 0.226 e. The lowest BCUT2D eigenvalue weighted by Crippen LogP contribution is -2.45. The van der Waals surface area contributed by atoms with Crippen molar-refractivity contribution in [1.29, 1.82) is 0 Å². The molecule has 1 aromatic carbocycles. The number of rotatable bonds is 3. The zero-order valence-corrected chi connectivity index (χ0v) is 14.3. The normalized spacial score (nSPS) is 13.8. The van der Waals surface area contributed by atoms with Crippen molar-refractivity contribution in [3.63, 3.8) is 0 Å². The van der Waals surface area contributed by atoms with Gasteiger partial charge >= 0.3 is 0 Å². The SMILES string of the molecule is C[CH]c1cccc(C(Cl)(Cl)C(Cl)(Cl)C(Cl)(Cl)Cl)c1. The molecule has 7 heteroatoms. The third-order valence-corrected chi connectivity index (χ3v) is 6.29. The molecule has 101 valence electrons. The molecule has 1 radical (unpaired) electrons. The predicted molar refractivity (Wildman–Crippen MR) is 83.6 cm³/mol. The van der Waals surface area contributed by atoms with Gasteiger partial charge in [-0.2, -0.15) is 0 Å². The van der Waals surface area contributed by atoms with Gasteiger partial charge in [-0.05, 0) is 17.5 Å². The average Bonchev–Trinajstić information content (AvgIpc) is 2.27. The molecule has 0 saturated carbocycles. The van der Waals surface area contributed by atoms with Crippen molar-refractivity contribution in [2.75, 3.05) is 0 Å². The first kappa shape index (κ1) is 17.3. The Morgan fingerprint density at radius 1 is 0.944 bits per heavy atom. The summed E-state index contributed by atoms with van der Waals surface area (Å²) < 4.78 is -5.84. The second kappa shape index (κ2) is 5.93. The van der Waals surface area contributed by atoms with Crippen molar-refractivity contribution in [1.82, 2.24) is 0 Å². The summed E-state index contributed by atoms with van der Waals surface area (Å²) in [5, 5.41) is 0. The van der Waals surface area contributed by atoms with Crippen LogP contribution in [0, 0.1) is 6.42 Å². The highest BCUT2D eigenvalue weighted by Crippen LogP contribution is 2.60. The molecule has 0 fully saturated rings. The second-order valence-electron chi connectivity index (χ2n) is 3.56. The third kappa shape index (κ3) is 3.28. The Kier molecular flexibility index (Phi) is 5.70. The summed E-state index contributed by atoms with van der Waals surface area (Å²) in [7, 11) is 0. The van der Waals surface area contributed by atoms with Crippen LogP contribution in [0.25, 0.3) is 0 Å². The van der Waals surface area contributed by atoms with Gasteiger partial charge in [0.15, 0.2) is 4.33 Å². The fourth-order valence-electron chi connectivity index (χ4n) is 1.27. The lowest BCUT2D eigenvalue weighted by Gasteiger charge is -2.37. The van der Waals surface area contributed by atoms with Crippen LogP contribution in [0.4, 0.5) is 0 Å². The highest BCUT2D eigenvalue weighted by atomic mass is 35.6. The minimum atomic E-state index is -2.05. The van der Waals surface area contributed by atoms with Crippen molar-refractivity contribution in [3.05, 3.63) is 41.8 Å². The Bertz CT molecular complexity index is 420. The Morgan fingerprint density at radius 2 is 1.50 bits per heavy atom. The second-order valence-corrected chi connectivity index (χ2v) is 8.50. The van der Waals surface area contributed by atoms with Gasteiger partial charge in [0.05, 0.1) is 0 Å². The Balaban J connectivity index is 3.28. The predicted octanol–water partition coefficient (Wildman–Crippen LogP) is 6.43. The molecule has 0 aliphatic rings. The molecule has 0 heterocycles. The van der Waals surface area contributed by atoms with E-state index in [1.54, 1.807) is 18.2 Å². The van der Waals surface area contributed by atoms with Crippen LogP contribution in [0.5, 0.6) is 0 Å². The van der Waals surface area contributed by atoms with E-state index in [0.29, 0.717) is 5.56 Å². The fourth-order valence-corrected chi connectivity index (χ4v) is 2.73. The van der Waals surface area contributed by atoms with Gasteiger partial charge < -0.3 is 0 Å². The topological polar surface area (TPSA) is 0 Å². The summed E-state index contributed by atoms with van der Waals surface area (Å²) in [4.78, 5) is 0. The van der Waals surface area contributed by atoms with Gasteiger partial charge in [-0.15, -0.1) is 0 Å². The largest absolute Gasteiger partial charge is 0.226 e. The molecular weight excluding hydrogens is 380 g/mol. The van der Waals surface area contributed by atoms with Crippen LogP contribution in [0.15, 0.2) is 24.3 Å². The van der Waals surface area contributed by atoms with E-state index in [-0.39, 0.29) is 0 Å². The highest BCUT2D eigenvalue weighted by Gasteiger charge is 2.60. The van der Waals surface area contributed by atoms with Crippen LogP contribution in [-0.4, -0.2) is 8.13 Å². The molecule has 0 aliphatic heterocycles. The molecule has 0 bridgehead atoms. The maximum atomic E-state index is 6.20. The van der Waals surface area contributed by atoms with Crippen molar-refractivity contribution in [2.45, 2.75) is 19.4 Å². The maximum absolute atomic E-state index is 6.20. The van der Waals surface area contributed by atoms with Gasteiger partial charge in [0.2, 0.25) is 8.13 Å². The molecule has 0 unspecified atom stereocenters. The highest BCUT2D eigenvalue weighted by molar-refractivity contribution is 6.78. The number of alkyl halides is 7. The van der Waals surface area contributed by atoms with Crippen LogP contribution in [0.2, 0.25) is 0 Å². The molecule has 0 nitrogen and oxygen atoms in total. The van der Waals surface area contributed by atoms with Gasteiger partial charge in [0.1, 0.15) is 0 Å². The van der Waals surface area contributed by atoms with Crippen molar-refractivity contribution >= 4 is 81.2 Å². The molecular formula is C11H8Cl7. The van der Waals surface area contributed by atoms with E-state index in [1.165, 1.54) is 0 Å². The van der Waals surface area contributed by atoms with Crippen LogP contribution in [-0.2, 0) is 4.33 Å². The average molecular weight is 388 g/mol. The van der Waals surface area contributed by atoms with Crippen molar-refractivity contribution in [2.24, 2.45) is 0 Å². The van der Waals surface area contributed by atoms with E-state index in [1.807, 2.05) is 19.4 Å². The van der Waals surface area contributed by atoms with Crippen LogP contribution in [0.1, 0.15) is 18.1 Å². The Hall–Kier alpha value is 1.25. The quantitative estimate of drug-likeness (QED) is 0.523. The van der Waals surface area contributed by atoms with Gasteiger partial charge in [0.25, 0.3) is 0 Å². The minimum absolute atomic E-state index is 0.442. The van der Waals surface area contributed by atoms with E-state index in [0.717, 1.165) is 5.56 Å². The summed E-state index contributed by atoms with van der Waals surface area (Å²) in [5.74, 6) is 0. The van der Waals surface area contributed by atoms with E-state index in [2.05, 4.69) is 0 Å². The smallest absolute Gasteiger partial charge is 0.0930 e. The summed E-state index contributed by atoms with van der Waals surface area (Å²) in [5.41, 5.74) is 1.34. The standard InChI is InChI=1S/C11H8Cl7/c1-2-7-4-3-5-8(6-7)9(12,13)10(14,15)11(16,17)18/h2-6H,1H3. The summed E-state index contributed by atoms with van der Waals surface area (Å²) in [6, 6.07) is 7.00. The van der Waals surface area contributed by atoms with E-state index < -0.39 is 12.5 Å². The number of halogens is 7. The molecule has 0 N–H and O–H groups in total. The summed E-state index contributed by atoms with van der Waals surface area (Å²) in [6.07, 6.45) is 1.87. The molecule has 0 amide bonds. The van der Waals surface area contributed by atoms with Crippen LogP contribution in [0.3, 0.4) is 0 Å². The van der Waals surface area contributed by atoms with E-state index in [9.17, 15) is 0 Å². The van der Waals surface area contributed by atoms with Gasteiger partial charge in [-0.25, -0.2) is 0 Å². The van der Waals surface area contributed by atoms with Gasteiger partial charge in [-0.1, -0.05) is 112 Å². The zero-order valence-electron chi connectivity index (χ0n) is 9.03. The first-order valence-electron chi connectivity index (χ1n) is 4.76. The minimum Gasteiger partial charge on any atom is -0.0930 e. The zero-order chi connectivity index (χ0) is 14.2. The van der Waals surface area contributed by atoms with E-state index >= 15 is 0 Å². The monoisotopic (exact) mass is 385 g/mol. The molecule has 0 saturated heterocycles. The third-order valence-electron chi connectivity index (χ3n) is 2.33. The van der Waals surface area contributed by atoms with Gasteiger partial charge in [-0.3, -0.25) is 0 Å². The summed E-state index contributed by atoms with van der Waals surface area (Å²) >= 11 is 41.6. The van der Waals surface area contributed by atoms with Crippen molar-refractivity contribution in [3.8, 4) is 0 Å². The van der Waals surface area contributed by atoms with Crippen LogP contribution >= 0.6 is 81.2 Å². The molecule has 0 atom stereocenters. The number of hydrogen-bond acceptors (Lipinski definition) is 0. The Labute approximate surface area is 141 Å². The molecule has 0 aliphatic carbocycles. The molecule has 0 aromatic heterocycles. The first-order chi connectivity index (χ1) is 8.04. The number of hydrogen-bond donors (Lipinski definition) is 0. The lowest BCUT2D eigenvalue weighted by molar-refractivity contribution is 0.698. The molecule has 1 aromatic rings. The molecule has 18 heavy (non-hydrogen) atoms. The van der Waals surface area contributed by atoms with Crippen LogP contribution < -0.4 is 0 Å². The lowest BCUT2D eigenvalue weighted by atomic mass is 10.0. The molecule has 1 rings (SSSR count). The number of benzene rings is 1. The molecule has 0 spiro atoms. The fraction of sp³-hybridized carbons (Fsp3) is 0.364. The van der Waals surface area contributed by atoms with Gasteiger partial charge in [0, 0.05) is 0 Å². The first-order valence-corrected chi connectivity index (χ1v) is 7.41. The Morgan fingerprint density at radius 3 is 1.94 bits per heavy atom.